The van der Waals surface area contributed by atoms with Crippen LogP contribution in [-0.4, -0.2) is 32.3 Å². The number of benzene rings is 2. The predicted molar refractivity (Wildman–Crippen MR) is 115 cm³/mol. The molecule has 0 bridgehead atoms. The third kappa shape index (κ3) is 3.57. The van der Waals surface area contributed by atoms with Gasteiger partial charge in [0.2, 0.25) is 9.84 Å². The molecule has 152 valence electrons. The first kappa shape index (κ1) is 19.7. The number of anilines is 2. The Morgan fingerprint density at radius 1 is 1.03 bits per heavy atom. The summed E-state index contributed by atoms with van der Waals surface area (Å²) in [5.74, 6) is 0.159. The van der Waals surface area contributed by atoms with Crippen molar-refractivity contribution in [3.63, 3.8) is 0 Å². The number of fused-ring (bicyclic) bond motifs is 1. The number of hydrogen-bond donors (Lipinski definition) is 0. The second-order valence-electron chi connectivity index (χ2n) is 7.83. The summed E-state index contributed by atoms with van der Waals surface area (Å²) < 4.78 is 26.6. The van der Waals surface area contributed by atoms with Gasteiger partial charge in [0.15, 0.2) is 4.91 Å². The molecule has 0 aliphatic carbocycles. The molecule has 1 fully saturated rings. The topological polar surface area (TPSA) is 57.7 Å². The molecule has 2 aliphatic rings. The van der Waals surface area contributed by atoms with Crippen LogP contribution in [0.25, 0.3) is 0 Å². The number of aryl methyl sites for hydroxylation is 1. The summed E-state index contributed by atoms with van der Waals surface area (Å²) >= 11 is 0. The van der Waals surface area contributed by atoms with Crippen LogP contribution >= 0.6 is 0 Å². The third-order valence-corrected chi connectivity index (χ3v) is 7.64. The van der Waals surface area contributed by atoms with Crippen LogP contribution in [0.15, 0.2) is 64.5 Å². The summed E-state index contributed by atoms with van der Waals surface area (Å²) in [7, 11) is -3.87. The molecule has 29 heavy (non-hydrogen) atoms. The first-order valence-electron chi connectivity index (χ1n) is 10.1. The highest BCUT2D eigenvalue weighted by molar-refractivity contribution is 7.96. The number of likely N-dealkylation sites (tertiary alicyclic amines) is 1. The van der Waals surface area contributed by atoms with Crippen LogP contribution in [0.1, 0.15) is 32.3 Å². The molecular weight excluding hydrogens is 384 g/mol. The highest BCUT2D eigenvalue weighted by Crippen LogP contribution is 2.40. The first-order chi connectivity index (χ1) is 13.9. The lowest BCUT2D eigenvalue weighted by molar-refractivity contribution is -0.127. The second-order valence-corrected chi connectivity index (χ2v) is 9.72. The summed E-state index contributed by atoms with van der Waals surface area (Å²) in [6, 6.07) is 14.9. The minimum Gasteiger partial charge on any atom is -0.338 e. The molecule has 1 amide bonds. The normalized spacial score (nSPS) is 18.9. The third-order valence-electron chi connectivity index (χ3n) is 5.85. The fourth-order valence-electron chi connectivity index (χ4n) is 3.90. The van der Waals surface area contributed by atoms with Gasteiger partial charge in [-0.25, -0.2) is 8.42 Å². The van der Waals surface area contributed by atoms with Crippen molar-refractivity contribution in [1.29, 1.82) is 0 Å². The molecule has 2 aromatic rings. The Bertz CT molecular complexity index is 1050. The van der Waals surface area contributed by atoms with Gasteiger partial charge in [-0.15, -0.1) is 0 Å². The summed E-state index contributed by atoms with van der Waals surface area (Å²) in [5.41, 5.74) is 2.61. The fraction of sp³-hybridized carbons (Fsp3) is 0.348. The zero-order chi connectivity index (χ0) is 20.6. The molecule has 0 atom stereocenters. The zero-order valence-electron chi connectivity index (χ0n) is 16.8. The van der Waals surface area contributed by atoms with E-state index in [0.29, 0.717) is 24.7 Å². The zero-order valence-corrected chi connectivity index (χ0v) is 17.7. The summed E-state index contributed by atoms with van der Waals surface area (Å²) in [5, 5.41) is 0. The standard InChI is InChI=1S/C23H26N2O3S/c1-3-18-8-10-19(11-9-18)25-16-22(23(26)24-14-12-17(2)13-15-24)29(27,28)21-7-5-4-6-20(21)25/h4-11,16-17H,3,12-15H2,1-2H3. The lowest BCUT2D eigenvalue weighted by Crippen LogP contribution is -2.41. The van der Waals surface area contributed by atoms with Gasteiger partial charge in [-0.1, -0.05) is 38.1 Å². The fourth-order valence-corrected chi connectivity index (χ4v) is 5.44. The maximum atomic E-state index is 13.3. The van der Waals surface area contributed by atoms with Crippen LogP contribution in [0.2, 0.25) is 0 Å². The molecule has 0 radical (unpaired) electrons. The lowest BCUT2D eigenvalue weighted by Gasteiger charge is -2.33. The van der Waals surface area contributed by atoms with Gasteiger partial charge in [0.1, 0.15) is 0 Å². The Kier molecular flexibility index (Phi) is 5.21. The van der Waals surface area contributed by atoms with E-state index in [-0.39, 0.29) is 9.80 Å². The van der Waals surface area contributed by atoms with Crippen molar-refractivity contribution in [2.75, 3.05) is 18.0 Å². The Morgan fingerprint density at radius 3 is 2.34 bits per heavy atom. The molecule has 2 aromatic carbocycles. The number of amides is 1. The molecule has 2 aliphatic heterocycles. The monoisotopic (exact) mass is 410 g/mol. The molecule has 0 unspecified atom stereocenters. The van der Waals surface area contributed by atoms with Gasteiger partial charge >= 0.3 is 0 Å². The van der Waals surface area contributed by atoms with Crippen LogP contribution < -0.4 is 4.90 Å². The van der Waals surface area contributed by atoms with Gasteiger partial charge in [0, 0.05) is 25.0 Å². The molecule has 0 N–H and O–H groups in total. The maximum absolute atomic E-state index is 13.3. The van der Waals surface area contributed by atoms with E-state index < -0.39 is 15.7 Å². The molecule has 0 aromatic heterocycles. The summed E-state index contributed by atoms with van der Waals surface area (Å²) in [6.45, 7) is 5.45. The minimum absolute atomic E-state index is 0.148. The summed E-state index contributed by atoms with van der Waals surface area (Å²) in [4.78, 5) is 16.7. The Hall–Kier alpha value is -2.60. The Morgan fingerprint density at radius 2 is 1.69 bits per heavy atom. The first-order valence-corrected chi connectivity index (χ1v) is 11.6. The molecule has 5 nitrogen and oxygen atoms in total. The lowest BCUT2D eigenvalue weighted by atomic mass is 9.99. The van der Waals surface area contributed by atoms with E-state index in [1.807, 2.05) is 35.2 Å². The van der Waals surface area contributed by atoms with Crippen molar-refractivity contribution < 1.29 is 13.2 Å². The van der Waals surface area contributed by atoms with Crippen molar-refractivity contribution >= 4 is 27.1 Å². The molecule has 0 spiro atoms. The number of carbonyl (C=O) groups excluding carboxylic acids is 1. The minimum atomic E-state index is -3.87. The van der Waals surface area contributed by atoms with E-state index in [9.17, 15) is 13.2 Å². The van der Waals surface area contributed by atoms with Gasteiger partial charge in [-0.2, -0.15) is 0 Å². The maximum Gasteiger partial charge on any atom is 0.267 e. The molecule has 4 rings (SSSR count). The molecule has 0 saturated carbocycles. The van der Waals surface area contributed by atoms with E-state index in [1.165, 1.54) is 11.8 Å². The van der Waals surface area contributed by atoms with E-state index >= 15 is 0 Å². The van der Waals surface area contributed by atoms with Crippen LogP contribution in [-0.2, 0) is 21.1 Å². The van der Waals surface area contributed by atoms with Gasteiger partial charge in [-0.05, 0) is 55.0 Å². The summed E-state index contributed by atoms with van der Waals surface area (Å²) in [6.07, 6.45) is 4.23. The molecule has 1 saturated heterocycles. The van der Waals surface area contributed by atoms with Crippen LogP contribution in [0.4, 0.5) is 11.4 Å². The highest BCUT2D eigenvalue weighted by atomic mass is 32.2. The number of piperidine rings is 1. The Balaban J connectivity index is 1.79. The van der Waals surface area contributed by atoms with Gasteiger partial charge in [0.25, 0.3) is 5.91 Å². The van der Waals surface area contributed by atoms with E-state index in [1.54, 1.807) is 23.1 Å². The van der Waals surface area contributed by atoms with Crippen molar-refractivity contribution in [1.82, 2.24) is 4.90 Å². The average Bonchev–Trinajstić information content (AvgIpc) is 2.74. The van der Waals surface area contributed by atoms with Gasteiger partial charge < -0.3 is 9.80 Å². The van der Waals surface area contributed by atoms with E-state index in [2.05, 4.69) is 13.8 Å². The SMILES string of the molecule is CCc1ccc(N2C=C(C(=O)N3CCC(C)CC3)S(=O)(=O)c3ccccc32)cc1. The predicted octanol–water partition coefficient (Wildman–Crippen LogP) is 4.27. The largest absolute Gasteiger partial charge is 0.338 e. The molecule has 6 heteroatoms. The van der Waals surface area contributed by atoms with Crippen LogP contribution in [0.3, 0.4) is 0 Å². The number of rotatable bonds is 3. The van der Waals surface area contributed by atoms with Crippen LogP contribution in [0, 0.1) is 5.92 Å². The van der Waals surface area contributed by atoms with Crippen molar-refractivity contribution in [3.8, 4) is 0 Å². The van der Waals surface area contributed by atoms with Gasteiger partial charge in [0.05, 0.1) is 10.6 Å². The van der Waals surface area contributed by atoms with E-state index in [4.69, 9.17) is 0 Å². The average molecular weight is 411 g/mol. The number of nitrogens with zero attached hydrogens (tertiary/aromatic N) is 2. The van der Waals surface area contributed by atoms with Crippen molar-refractivity contribution in [2.45, 2.75) is 38.0 Å². The van der Waals surface area contributed by atoms with Crippen molar-refractivity contribution in [3.05, 3.63) is 65.2 Å². The van der Waals surface area contributed by atoms with Crippen molar-refractivity contribution in [2.24, 2.45) is 5.92 Å². The second kappa shape index (κ2) is 7.67. The Labute approximate surface area is 172 Å². The van der Waals surface area contributed by atoms with Crippen LogP contribution in [0.5, 0.6) is 0 Å². The number of carbonyl (C=O) groups is 1. The number of para-hydroxylation sites is 1. The molecular formula is C23H26N2O3S. The molecule has 2 heterocycles. The van der Waals surface area contributed by atoms with E-state index in [0.717, 1.165) is 24.9 Å². The number of sulfone groups is 1. The van der Waals surface area contributed by atoms with Gasteiger partial charge in [-0.3, -0.25) is 4.79 Å². The quantitative estimate of drug-likeness (QED) is 0.758. The number of hydrogen-bond acceptors (Lipinski definition) is 4. The highest BCUT2D eigenvalue weighted by Gasteiger charge is 2.38. The smallest absolute Gasteiger partial charge is 0.267 e.